The number of nitrogens with one attached hydrogen (secondary N) is 1. The van der Waals surface area contributed by atoms with Crippen molar-refractivity contribution in [1.82, 2.24) is 4.90 Å². The predicted octanol–water partition coefficient (Wildman–Crippen LogP) is 2.51. The van der Waals surface area contributed by atoms with Gasteiger partial charge in [0.1, 0.15) is 5.84 Å². The van der Waals surface area contributed by atoms with Crippen LogP contribution in [0.3, 0.4) is 0 Å². The topological polar surface area (TPSA) is 36.3 Å². The monoisotopic (exact) mass is 232 g/mol. The summed E-state index contributed by atoms with van der Waals surface area (Å²) in [6, 6.07) is 10.3. The molecule has 0 radical (unpaired) electrons. The Hall–Kier alpha value is -1.35. The van der Waals surface area contributed by atoms with E-state index in [0.29, 0.717) is 11.9 Å². The molecular formula is C14H20N2O. The Balaban J connectivity index is 2.16. The fourth-order valence-electron chi connectivity index (χ4n) is 2.22. The lowest BCUT2D eigenvalue weighted by Gasteiger charge is -2.40. The minimum atomic E-state index is 0.210. The molecule has 0 amide bonds. The summed E-state index contributed by atoms with van der Waals surface area (Å²) < 4.78 is 5.66. The van der Waals surface area contributed by atoms with Crippen molar-refractivity contribution in [1.29, 1.82) is 5.41 Å². The van der Waals surface area contributed by atoms with Gasteiger partial charge in [-0.05, 0) is 13.3 Å². The van der Waals surface area contributed by atoms with Gasteiger partial charge in [-0.3, -0.25) is 5.41 Å². The van der Waals surface area contributed by atoms with E-state index in [2.05, 4.69) is 18.7 Å². The highest BCUT2D eigenvalue weighted by Gasteiger charge is 2.27. The molecule has 3 nitrogen and oxygen atoms in total. The van der Waals surface area contributed by atoms with E-state index in [1.807, 2.05) is 30.3 Å². The van der Waals surface area contributed by atoms with E-state index in [1.54, 1.807) is 0 Å². The van der Waals surface area contributed by atoms with Crippen molar-refractivity contribution in [2.75, 3.05) is 13.2 Å². The highest BCUT2D eigenvalue weighted by Crippen LogP contribution is 2.17. The third kappa shape index (κ3) is 2.67. The van der Waals surface area contributed by atoms with Crippen molar-refractivity contribution in [3.63, 3.8) is 0 Å². The van der Waals surface area contributed by atoms with Crippen LogP contribution in [0.5, 0.6) is 0 Å². The fraction of sp³-hybridized carbons (Fsp3) is 0.500. The SMILES string of the molecule is CCC1COC(C)CN1C(=N)c1ccccc1. The molecule has 0 aromatic heterocycles. The molecule has 1 aromatic carbocycles. The van der Waals surface area contributed by atoms with Gasteiger partial charge < -0.3 is 9.64 Å². The quantitative estimate of drug-likeness (QED) is 0.628. The second kappa shape index (κ2) is 5.32. The smallest absolute Gasteiger partial charge is 0.128 e. The average molecular weight is 232 g/mol. The van der Waals surface area contributed by atoms with Crippen molar-refractivity contribution in [2.45, 2.75) is 32.4 Å². The molecule has 0 bridgehead atoms. The largest absolute Gasteiger partial charge is 0.375 e. The predicted molar refractivity (Wildman–Crippen MR) is 69.5 cm³/mol. The lowest BCUT2D eigenvalue weighted by molar-refractivity contribution is -0.0284. The maximum absolute atomic E-state index is 8.32. The molecule has 1 fully saturated rings. The summed E-state index contributed by atoms with van der Waals surface area (Å²) in [5.41, 5.74) is 0.986. The van der Waals surface area contributed by atoms with Crippen molar-refractivity contribution in [2.24, 2.45) is 0 Å². The zero-order chi connectivity index (χ0) is 12.3. The van der Waals surface area contributed by atoms with Crippen LogP contribution in [0, 0.1) is 5.41 Å². The molecule has 2 atom stereocenters. The molecule has 1 aliphatic heterocycles. The van der Waals surface area contributed by atoms with E-state index in [9.17, 15) is 0 Å². The van der Waals surface area contributed by atoms with Gasteiger partial charge in [0, 0.05) is 12.1 Å². The number of hydrogen-bond acceptors (Lipinski definition) is 2. The maximum atomic E-state index is 8.32. The summed E-state index contributed by atoms with van der Waals surface area (Å²) in [5.74, 6) is 0.618. The summed E-state index contributed by atoms with van der Waals surface area (Å²) in [5, 5.41) is 8.32. The van der Waals surface area contributed by atoms with Gasteiger partial charge in [0.15, 0.2) is 0 Å². The number of nitrogens with zero attached hydrogens (tertiary/aromatic N) is 1. The van der Waals surface area contributed by atoms with E-state index in [1.165, 1.54) is 0 Å². The molecule has 2 rings (SSSR count). The second-order valence-corrected chi connectivity index (χ2v) is 4.57. The summed E-state index contributed by atoms with van der Waals surface area (Å²) in [6.45, 7) is 5.76. The summed E-state index contributed by atoms with van der Waals surface area (Å²) >= 11 is 0. The Morgan fingerprint density at radius 2 is 2.12 bits per heavy atom. The van der Waals surface area contributed by atoms with Crippen molar-refractivity contribution in [3.05, 3.63) is 35.9 Å². The zero-order valence-electron chi connectivity index (χ0n) is 10.5. The molecule has 0 aliphatic carbocycles. The van der Waals surface area contributed by atoms with Crippen LogP contribution >= 0.6 is 0 Å². The van der Waals surface area contributed by atoms with E-state index in [4.69, 9.17) is 10.1 Å². The van der Waals surface area contributed by atoms with E-state index >= 15 is 0 Å². The first-order chi connectivity index (χ1) is 8.22. The molecule has 17 heavy (non-hydrogen) atoms. The molecule has 2 unspecified atom stereocenters. The van der Waals surface area contributed by atoms with Gasteiger partial charge >= 0.3 is 0 Å². The van der Waals surface area contributed by atoms with Crippen LogP contribution in [0.4, 0.5) is 0 Å². The Kier molecular flexibility index (Phi) is 3.79. The Bertz CT molecular complexity index is 377. The van der Waals surface area contributed by atoms with E-state index in [0.717, 1.165) is 25.1 Å². The van der Waals surface area contributed by atoms with E-state index in [-0.39, 0.29) is 6.10 Å². The lowest BCUT2D eigenvalue weighted by atomic mass is 10.1. The van der Waals surface area contributed by atoms with Gasteiger partial charge in [-0.2, -0.15) is 0 Å². The van der Waals surface area contributed by atoms with Crippen LogP contribution in [0.1, 0.15) is 25.8 Å². The Morgan fingerprint density at radius 1 is 1.41 bits per heavy atom. The fourth-order valence-corrected chi connectivity index (χ4v) is 2.22. The first-order valence-electron chi connectivity index (χ1n) is 6.24. The Labute approximate surface area is 103 Å². The molecule has 0 spiro atoms. The molecule has 1 aromatic rings. The van der Waals surface area contributed by atoms with Crippen molar-refractivity contribution >= 4 is 5.84 Å². The normalized spacial score (nSPS) is 24.7. The maximum Gasteiger partial charge on any atom is 0.128 e. The third-order valence-corrected chi connectivity index (χ3v) is 3.27. The molecule has 1 saturated heterocycles. The summed E-state index contributed by atoms with van der Waals surface area (Å²) in [7, 11) is 0. The van der Waals surface area contributed by atoms with Gasteiger partial charge in [-0.1, -0.05) is 37.3 Å². The van der Waals surface area contributed by atoms with E-state index < -0.39 is 0 Å². The second-order valence-electron chi connectivity index (χ2n) is 4.57. The van der Waals surface area contributed by atoms with Gasteiger partial charge in [0.05, 0.1) is 18.8 Å². The molecule has 1 heterocycles. The molecular weight excluding hydrogens is 212 g/mol. The standard InChI is InChI=1S/C14H20N2O/c1-3-13-10-17-11(2)9-16(13)14(15)12-7-5-4-6-8-12/h4-8,11,13,15H,3,9-10H2,1-2H3. The summed E-state index contributed by atoms with van der Waals surface area (Å²) in [4.78, 5) is 2.17. The van der Waals surface area contributed by atoms with Gasteiger partial charge in [0.2, 0.25) is 0 Å². The number of amidine groups is 1. The highest BCUT2D eigenvalue weighted by molar-refractivity contribution is 5.96. The van der Waals surface area contributed by atoms with Crippen LogP contribution in [0.2, 0.25) is 0 Å². The van der Waals surface area contributed by atoms with Gasteiger partial charge in [-0.25, -0.2) is 0 Å². The van der Waals surface area contributed by atoms with Crippen LogP contribution in [-0.4, -0.2) is 36.0 Å². The van der Waals surface area contributed by atoms with Gasteiger partial charge in [0.25, 0.3) is 0 Å². The van der Waals surface area contributed by atoms with Crippen molar-refractivity contribution < 1.29 is 4.74 Å². The molecule has 3 heteroatoms. The minimum Gasteiger partial charge on any atom is -0.375 e. The zero-order valence-corrected chi connectivity index (χ0v) is 10.5. The Morgan fingerprint density at radius 3 is 2.76 bits per heavy atom. The van der Waals surface area contributed by atoms with Crippen LogP contribution in [0.25, 0.3) is 0 Å². The first kappa shape index (κ1) is 12.1. The molecule has 0 saturated carbocycles. The lowest BCUT2D eigenvalue weighted by Crippen LogP contribution is -2.51. The number of rotatable bonds is 2. The van der Waals surface area contributed by atoms with Gasteiger partial charge in [-0.15, -0.1) is 0 Å². The number of hydrogen-bond donors (Lipinski definition) is 1. The van der Waals surface area contributed by atoms with Crippen LogP contribution in [0.15, 0.2) is 30.3 Å². The number of ether oxygens (including phenoxy) is 1. The van der Waals surface area contributed by atoms with Crippen LogP contribution in [-0.2, 0) is 4.74 Å². The first-order valence-corrected chi connectivity index (χ1v) is 6.24. The molecule has 1 N–H and O–H groups in total. The average Bonchev–Trinajstić information content (AvgIpc) is 2.39. The minimum absolute atomic E-state index is 0.210. The third-order valence-electron chi connectivity index (χ3n) is 3.27. The van der Waals surface area contributed by atoms with Crippen LogP contribution < -0.4 is 0 Å². The highest BCUT2D eigenvalue weighted by atomic mass is 16.5. The molecule has 1 aliphatic rings. The molecule has 92 valence electrons. The number of benzene rings is 1. The number of morpholine rings is 1. The summed E-state index contributed by atoms with van der Waals surface area (Å²) in [6.07, 6.45) is 1.23. The van der Waals surface area contributed by atoms with Crippen molar-refractivity contribution in [3.8, 4) is 0 Å².